The molecule has 0 aliphatic heterocycles. The molecule has 2 nitrogen and oxygen atoms in total. The molecule has 0 N–H and O–H groups in total. The van der Waals surface area contributed by atoms with Crippen molar-refractivity contribution >= 4 is 87.0 Å². The molecular weight excluding hydrogens is 741 g/mol. The van der Waals surface area contributed by atoms with Crippen LogP contribution in [0.25, 0.3) is 120 Å². The third kappa shape index (κ3) is 6.12. The molecular formula is C59H38O2. The van der Waals surface area contributed by atoms with Gasteiger partial charge < -0.3 is 8.83 Å². The summed E-state index contributed by atoms with van der Waals surface area (Å²) in [5, 5.41) is 14.1. The lowest BCUT2D eigenvalue weighted by molar-refractivity contribution is 0.672. The molecule has 0 unspecified atom stereocenters. The molecule has 0 saturated carbocycles. The molecule has 0 fully saturated rings. The molecule has 11 aromatic carbocycles. The summed E-state index contributed by atoms with van der Waals surface area (Å²) in [7, 11) is 0. The fraction of sp³-hybridized carbons (Fsp3) is 0.0169. The maximum absolute atomic E-state index is 6.65. The van der Waals surface area contributed by atoms with Crippen LogP contribution in [0.1, 0.15) is 5.56 Å². The average Bonchev–Trinajstić information content (AvgIpc) is 3.89. The number of hydrogen-bond donors (Lipinski definition) is 0. The Morgan fingerprint density at radius 3 is 1.00 bits per heavy atom. The summed E-state index contributed by atoms with van der Waals surface area (Å²) in [6.45, 7) is 2.08. The van der Waals surface area contributed by atoms with Gasteiger partial charge in [0.2, 0.25) is 0 Å². The highest BCUT2D eigenvalue weighted by Gasteiger charge is 2.15. The second kappa shape index (κ2) is 14.1. The van der Waals surface area contributed by atoms with Gasteiger partial charge in [-0.3, -0.25) is 0 Å². The van der Waals surface area contributed by atoms with Crippen LogP contribution in [0, 0.1) is 6.92 Å². The standard InChI is InChI=1S/C52H30O2.C7H8/c1-3-7-33-25-35(11-9-31(33)5-1)37-13-19-43-41(27-37)17-23-47-45-21-15-39(29-49(45)53-51(43)47)40-16-22-46-48-24-18-42-28-38(14-20-44(42)52(48)54-50(46)30-40)36-12-10-32-6-2-4-8-34(32)26-36;1-7-5-3-2-4-6-7/h1-30H;2-6H,1H3. The van der Waals surface area contributed by atoms with Gasteiger partial charge in [-0.15, -0.1) is 0 Å². The van der Waals surface area contributed by atoms with Crippen molar-refractivity contribution in [3.63, 3.8) is 0 Å². The van der Waals surface area contributed by atoms with Crippen LogP contribution >= 0.6 is 0 Å². The molecule has 13 aromatic rings. The van der Waals surface area contributed by atoms with E-state index in [9.17, 15) is 0 Å². The summed E-state index contributed by atoms with van der Waals surface area (Å²) >= 11 is 0. The fourth-order valence-corrected chi connectivity index (χ4v) is 9.12. The molecule has 0 amide bonds. The number of aryl methyl sites for hydroxylation is 1. The zero-order chi connectivity index (χ0) is 40.4. The lowest BCUT2D eigenvalue weighted by Gasteiger charge is -2.06. The number of fused-ring (bicyclic) bond motifs is 12. The monoisotopic (exact) mass is 778 g/mol. The lowest BCUT2D eigenvalue weighted by atomic mass is 9.97. The third-order valence-electron chi connectivity index (χ3n) is 12.3. The Balaban J connectivity index is 0.000000521. The average molecular weight is 779 g/mol. The Morgan fingerprint density at radius 1 is 0.246 bits per heavy atom. The van der Waals surface area contributed by atoms with E-state index in [1.807, 2.05) is 18.2 Å². The molecule has 61 heavy (non-hydrogen) atoms. The molecule has 0 aliphatic rings. The SMILES string of the molecule is Cc1ccccc1.c1ccc2cc(-c3ccc4c(ccc5c6ccc(-c7ccc8c(c7)oc7c9ccc(-c%10ccc%11ccccc%11c%10)cc9ccc87)cc6oc45)c3)ccc2c1. The van der Waals surface area contributed by atoms with Gasteiger partial charge in [0.25, 0.3) is 0 Å². The maximum atomic E-state index is 6.65. The van der Waals surface area contributed by atoms with E-state index in [-0.39, 0.29) is 0 Å². The largest absolute Gasteiger partial charge is 0.455 e. The molecule has 2 aromatic heterocycles. The van der Waals surface area contributed by atoms with Crippen molar-refractivity contribution in [2.24, 2.45) is 0 Å². The second-order valence-corrected chi connectivity index (χ2v) is 16.2. The normalized spacial score (nSPS) is 11.7. The molecule has 0 spiro atoms. The van der Waals surface area contributed by atoms with Crippen LogP contribution < -0.4 is 0 Å². The number of benzene rings is 11. The third-order valence-corrected chi connectivity index (χ3v) is 12.3. The topological polar surface area (TPSA) is 26.3 Å². The summed E-state index contributed by atoms with van der Waals surface area (Å²) in [5.41, 5.74) is 11.9. The smallest absolute Gasteiger partial charge is 0.143 e. The molecule has 286 valence electrons. The first-order chi connectivity index (χ1) is 30.1. The van der Waals surface area contributed by atoms with Crippen molar-refractivity contribution in [3.8, 4) is 33.4 Å². The van der Waals surface area contributed by atoms with Gasteiger partial charge >= 0.3 is 0 Å². The Morgan fingerprint density at radius 2 is 0.574 bits per heavy atom. The summed E-state index contributed by atoms with van der Waals surface area (Å²) in [4.78, 5) is 0. The van der Waals surface area contributed by atoms with E-state index in [4.69, 9.17) is 8.83 Å². The first kappa shape index (κ1) is 35.0. The first-order valence-corrected chi connectivity index (χ1v) is 20.9. The number of hydrogen-bond acceptors (Lipinski definition) is 2. The van der Waals surface area contributed by atoms with Crippen LogP contribution in [0.4, 0.5) is 0 Å². The van der Waals surface area contributed by atoms with Gasteiger partial charge in [-0.2, -0.15) is 0 Å². The van der Waals surface area contributed by atoms with Crippen LogP contribution in [-0.4, -0.2) is 0 Å². The molecule has 13 rings (SSSR count). The van der Waals surface area contributed by atoms with Gasteiger partial charge in [0.1, 0.15) is 22.3 Å². The number of furan rings is 2. The molecule has 2 heterocycles. The highest BCUT2D eigenvalue weighted by molar-refractivity contribution is 6.17. The van der Waals surface area contributed by atoms with Crippen LogP contribution in [0.15, 0.2) is 221 Å². The fourth-order valence-electron chi connectivity index (χ4n) is 9.12. The van der Waals surface area contributed by atoms with Gasteiger partial charge in [-0.25, -0.2) is 0 Å². The Kier molecular flexibility index (Phi) is 8.11. The van der Waals surface area contributed by atoms with Crippen molar-refractivity contribution in [1.29, 1.82) is 0 Å². The number of rotatable bonds is 3. The van der Waals surface area contributed by atoms with Gasteiger partial charge in [0.15, 0.2) is 0 Å². The van der Waals surface area contributed by atoms with Gasteiger partial charge in [0, 0.05) is 32.3 Å². The predicted molar refractivity (Wildman–Crippen MR) is 259 cm³/mol. The van der Waals surface area contributed by atoms with Crippen LogP contribution in [0.2, 0.25) is 0 Å². The molecule has 0 atom stereocenters. The predicted octanol–water partition coefficient (Wildman–Crippen LogP) is 17.1. The first-order valence-electron chi connectivity index (χ1n) is 20.9. The molecule has 0 bridgehead atoms. The molecule has 0 aliphatic carbocycles. The Bertz CT molecular complexity index is 3590. The van der Waals surface area contributed by atoms with Gasteiger partial charge in [0.05, 0.1) is 0 Å². The van der Waals surface area contributed by atoms with Crippen LogP contribution in [-0.2, 0) is 0 Å². The Labute approximate surface area is 352 Å². The van der Waals surface area contributed by atoms with E-state index in [0.29, 0.717) is 0 Å². The Hall–Kier alpha value is -7.94. The van der Waals surface area contributed by atoms with Gasteiger partial charge in [-0.05, 0) is 145 Å². The molecule has 0 saturated heterocycles. The van der Waals surface area contributed by atoms with E-state index >= 15 is 0 Å². The quantitative estimate of drug-likeness (QED) is 0.179. The summed E-state index contributed by atoms with van der Waals surface area (Å²) in [6.07, 6.45) is 0. The molecule has 0 radical (unpaired) electrons. The van der Waals surface area contributed by atoms with E-state index in [2.05, 4.69) is 201 Å². The zero-order valence-electron chi connectivity index (χ0n) is 33.5. The van der Waals surface area contributed by atoms with Crippen molar-refractivity contribution in [2.45, 2.75) is 6.92 Å². The van der Waals surface area contributed by atoms with E-state index in [1.165, 1.54) is 60.1 Å². The van der Waals surface area contributed by atoms with Gasteiger partial charge in [-0.1, -0.05) is 145 Å². The van der Waals surface area contributed by atoms with Crippen molar-refractivity contribution in [1.82, 2.24) is 0 Å². The summed E-state index contributed by atoms with van der Waals surface area (Å²) in [6, 6.07) is 75.9. The van der Waals surface area contributed by atoms with Crippen LogP contribution in [0.3, 0.4) is 0 Å². The van der Waals surface area contributed by atoms with E-state index < -0.39 is 0 Å². The highest BCUT2D eigenvalue weighted by atomic mass is 16.3. The van der Waals surface area contributed by atoms with E-state index in [1.54, 1.807) is 0 Å². The summed E-state index contributed by atoms with van der Waals surface area (Å²) in [5.74, 6) is 0. The van der Waals surface area contributed by atoms with Crippen molar-refractivity contribution in [3.05, 3.63) is 218 Å². The van der Waals surface area contributed by atoms with Crippen molar-refractivity contribution < 1.29 is 8.83 Å². The van der Waals surface area contributed by atoms with E-state index in [0.717, 1.165) is 65.8 Å². The second-order valence-electron chi connectivity index (χ2n) is 16.2. The highest BCUT2D eigenvalue weighted by Crippen LogP contribution is 2.40. The minimum Gasteiger partial charge on any atom is -0.455 e. The van der Waals surface area contributed by atoms with Crippen LogP contribution in [0.5, 0.6) is 0 Å². The molecule has 2 heteroatoms. The summed E-state index contributed by atoms with van der Waals surface area (Å²) < 4.78 is 13.3. The minimum absolute atomic E-state index is 0.881. The lowest BCUT2D eigenvalue weighted by Crippen LogP contribution is -1.81. The zero-order valence-corrected chi connectivity index (χ0v) is 33.5. The minimum atomic E-state index is 0.881. The van der Waals surface area contributed by atoms with Crippen molar-refractivity contribution in [2.75, 3.05) is 0 Å². The maximum Gasteiger partial charge on any atom is 0.143 e.